The summed E-state index contributed by atoms with van der Waals surface area (Å²) >= 11 is 1.42. The van der Waals surface area contributed by atoms with E-state index < -0.39 is 0 Å². The molecule has 2 aromatic heterocycles. The molecule has 0 aliphatic carbocycles. The summed E-state index contributed by atoms with van der Waals surface area (Å²) < 4.78 is 4.83. The highest BCUT2D eigenvalue weighted by molar-refractivity contribution is 7.14. The van der Waals surface area contributed by atoms with Crippen LogP contribution in [0.2, 0.25) is 0 Å². The second kappa shape index (κ2) is 2.49. The van der Waals surface area contributed by atoms with E-state index in [-0.39, 0.29) is 5.95 Å². The van der Waals surface area contributed by atoms with Gasteiger partial charge >= 0.3 is 0 Å². The minimum Gasteiger partial charge on any atom is -0.390 e. The first-order chi connectivity index (χ1) is 5.77. The predicted octanol–water partition coefficient (Wildman–Crippen LogP) is 0.962. The molecule has 0 aliphatic rings. The van der Waals surface area contributed by atoms with E-state index in [0.717, 1.165) is 5.56 Å². The van der Waals surface area contributed by atoms with Crippen LogP contribution in [-0.4, -0.2) is 10.1 Å². The Morgan fingerprint density at radius 2 is 2.25 bits per heavy atom. The van der Waals surface area contributed by atoms with Gasteiger partial charge in [0.2, 0.25) is 0 Å². The number of thiophene rings is 1. The lowest BCUT2D eigenvalue weighted by atomic mass is 10.3. The Hall–Kier alpha value is -1.56. The first-order valence-corrected chi connectivity index (χ1v) is 4.08. The van der Waals surface area contributed by atoms with Gasteiger partial charge in [0, 0.05) is 0 Å². The highest BCUT2D eigenvalue weighted by atomic mass is 32.1. The van der Waals surface area contributed by atoms with Crippen molar-refractivity contribution in [2.45, 2.75) is 0 Å². The molecule has 0 saturated heterocycles. The number of nitrogen functional groups attached to an aromatic ring is 2. The molecule has 0 aliphatic heterocycles. The molecular weight excluding hydrogens is 176 g/mol. The van der Waals surface area contributed by atoms with Crippen LogP contribution in [0.3, 0.4) is 0 Å². The molecule has 62 valence electrons. The normalized spacial score (nSPS) is 10.3. The van der Waals surface area contributed by atoms with E-state index in [0.29, 0.717) is 10.9 Å². The van der Waals surface area contributed by atoms with Crippen molar-refractivity contribution in [3.8, 4) is 11.5 Å². The molecule has 0 bridgehead atoms. The third-order valence-corrected chi connectivity index (χ3v) is 2.11. The van der Waals surface area contributed by atoms with E-state index in [9.17, 15) is 0 Å². The van der Waals surface area contributed by atoms with Crippen LogP contribution in [0.15, 0.2) is 16.0 Å². The van der Waals surface area contributed by atoms with Crippen LogP contribution in [0.5, 0.6) is 0 Å². The zero-order chi connectivity index (χ0) is 8.55. The Labute approximate surface area is 72.0 Å². The lowest BCUT2D eigenvalue weighted by Crippen LogP contribution is -1.86. The van der Waals surface area contributed by atoms with Crippen molar-refractivity contribution in [2.75, 3.05) is 11.5 Å². The van der Waals surface area contributed by atoms with Crippen LogP contribution >= 0.6 is 11.3 Å². The number of nitrogens with zero attached hydrogens (tertiary/aromatic N) is 2. The minimum absolute atomic E-state index is 0.121. The second-order valence-electron chi connectivity index (χ2n) is 2.16. The average Bonchev–Trinajstić information content (AvgIpc) is 2.58. The number of rotatable bonds is 1. The van der Waals surface area contributed by atoms with Crippen molar-refractivity contribution in [1.29, 1.82) is 0 Å². The van der Waals surface area contributed by atoms with E-state index in [2.05, 4.69) is 10.1 Å². The fraction of sp³-hybridized carbons (Fsp3) is 0. The van der Waals surface area contributed by atoms with E-state index in [1.54, 1.807) is 0 Å². The zero-order valence-electron chi connectivity index (χ0n) is 6.02. The molecule has 0 radical (unpaired) electrons. The Morgan fingerprint density at radius 3 is 2.75 bits per heavy atom. The van der Waals surface area contributed by atoms with Crippen molar-refractivity contribution in [3.63, 3.8) is 0 Å². The summed E-state index contributed by atoms with van der Waals surface area (Å²) in [5.74, 6) is 0.488. The van der Waals surface area contributed by atoms with Crippen molar-refractivity contribution in [3.05, 3.63) is 11.4 Å². The van der Waals surface area contributed by atoms with Crippen molar-refractivity contribution >= 4 is 22.3 Å². The number of hydrogen-bond acceptors (Lipinski definition) is 6. The van der Waals surface area contributed by atoms with E-state index >= 15 is 0 Å². The number of hydrogen-bond donors (Lipinski definition) is 2. The molecular formula is C6H6N4OS. The summed E-state index contributed by atoms with van der Waals surface area (Å²) in [6.07, 6.45) is 0. The largest absolute Gasteiger partial charge is 0.390 e. The molecule has 5 nitrogen and oxygen atoms in total. The van der Waals surface area contributed by atoms with Gasteiger partial charge in [-0.1, -0.05) is 0 Å². The molecule has 2 rings (SSSR count). The summed E-state index contributed by atoms with van der Waals surface area (Å²) in [5, 5.41) is 5.96. The summed E-state index contributed by atoms with van der Waals surface area (Å²) in [7, 11) is 0. The molecule has 12 heavy (non-hydrogen) atoms. The average molecular weight is 182 g/mol. The summed E-state index contributed by atoms with van der Waals surface area (Å²) in [4.78, 5) is 3.84. The lowest BCUT2D eigenvalue weighted by Gasteiger charge is -1.88. The maximum atomic E-state index is 5.63. The highest BCUT2D eigenvalue weighted by Crippen LogP contribution is 2.28. The molecule has 0 atom stereocenters. The van der Waals surface area contributed by atoms with Crippen LogP contribution < -0.4 is 11.5 Å². The van der Waals surface area contributed by atoms with Crippen molar-refractivity contribution in [1.82, 2.24) is 10.1 Å². The number of nitrogens with two attached hydrogens (primary N) is 2. The number of anilines is 2. The smallest absolute Gasteiger partial charge is 0.262 e. The molecule has 2 aromatic rings. The first-order valence-electron chi connectivity index (χ1n) is 3.20. The summed E-state index contributed by atoms with van der Waals surface area (Å²) in [6, 6.07) is 1.81. The van der Waals surface area contributed by atoms with Crippen molar-refractivity contribution < 1.29 is 4.52 Å². The zero-order valence-corrected chi connectivity index (χ0v) is 6.84. The highest BCUT2D eigenvalue weighted by Gasteiger charge is 2.10. The van der Waals surface area contributed by atoms with Crippen molar-refractivity contribution in [2.24, 2.45) is 0 Å². The summed E-state index contributed by atoms with van der Waals surface area (Å²) in [6.45, 7) is 0. The van der Waals surface area contributed by atoms with Gasteiger partial charge in [-0.15, -0.1) is 11.3 Å². The molecule has 6 heteroatoms. The monoisotopic (exact) mass is 182 g/mol. The molecule has 0 unspecified atom stereocenters. The van der Waals surface area contributed by atoms with Crippen LogP contribution in [0.1, 0.15) is 0 Å². The molecule has 4 N–H and O–H groups in total. The topological polar surface area (TPSA) is 91.0 Å². The van der Waals surface area contributed by atoms with Gasteiger partial charge in [-0.05, 0) is 16.6 Å². The van der Waals surface area contributed by atoms with Gasteiger partial charge in [0.1, 0.15) is 0 Å². The Morgan fingerprint density at radius 1 is 1.42 bits per heavy atom. The van der Waals surface area contributed by atoms with E-state index in [1.165, 1.54) is 11.3 Å². The predicted molar refractivity (Wildman–Crippen MR) is 46.4 cm³/mol. The van der Waals surface area contributed by atoms with Gasteiger partial charge in [-0.2, -0.15) is 4.98 Å². The Kier molecular flexibility index (Phi) is 1.47. The lowest BCUT2D eigenvalue weighted by molar-refractivity contribution is 0.433. The van der Waals surface area contributed by atoms with Gasteiger partial charge < -0.3 is 16.0 Å². The molecule has 2 heterocycles. The van der Waals surface area contributed by atoms with Gasteiger partial charge in [0.25, 0.3) is 11.8 Å². The minimum atomic E-state index is 0.121. The van der Waals surface area contributed by atoms with Crippen LogP contribution in [0, 0.1) is 0 Å². The van der Waals surface area contributed by atoms with Gasteiger partial charge in [-0.3, -0.25) is 0 Å². The maximum absolute atomic E-state index is 5.63. The number of aromatic nitrogens is 2. The molecule has 0 fully saturated rings. The third kappa shape index (κ3) is 1.02. The fourth-order valence-electron chi connectivity index (χ4n) is 0.842. The van der Waals surface area contributed by atoms with Crippen LogP contribution in [0.4, 0.5) is 10.9 Å². The van der Waals surface area contributed by atoms with Gasteiger partial charge in [0.05, 0.1) is 10.6 Å². The van der Waals surface area contributed by atoms with Gasteiger partial charge in [0.15, 0.2) is 0 Å². The molecule has 0 amide bonds. The molecule has 0 saturated carbocycles. The maximum Gasteiger partial charge on any atom is 0.262 e. The van der Waals surface area contributed by atoms with E-state index in [1.807, 2.05) is 11.4 Å². The molecule has 0 aromatic carbocycles. The van der Waals surface area contributed by atoms with Gasteiger partial charge in [-0.25, -0.2) is 0 Å². The second-order valence-corrected chi connectivity index (χ2v) is 3.10. The summed E-state index contributed by atoms with van der Waals surface area (Å²) in [5.41, 5.74) is 11.7. The standard InChI is InChI=1S/C6H6N4OS/c7-4-3(1-2-12-4)5-9-6(8)10-11-5/h1-2H,7H2,(H2,8,10). The Bertz CT molecular complexity index is 394. The van der Waals surface area contributed by atoms with Crippen LogP contribution in [0.25, 0.3) is 11.5 Å². The van der Waals surface area contributed by atoms with E-state index in [4.69, 9.17) is 16.0 Å². The van der Waals surface area contributed by atoms with Crippen LogP contribution in [-0.2, 0) is 0 Å². The fourth-order valence-corrected chi connectivity index (χ4v) is 1.47. The quantitative estimate of drug-likeness (QED) is 0.685. The SMILES string of the molecule is Nc1noc(-c2ccsc2N)n1. The molecule has 0 spiro atoms. The first kappa shape index (κ1) is 7.11. The third-order valence-electron chi connectivity index (χ3n) is 1.37. The Balaban J connectivity index is 2.50.